The number of rotatable bonds is 3. The van der Waals surface area contributed by atoms with Gasteiger partial charge in [0, 0.05) is 24.1 Å². The standard InChI is InChI=1S/C15H20N2O.ClH/c1-10(2)18-15(16)8-12-9-17(4)14-7-11(3)5-6-13(12)14;/h5-7,9-10,16H,8H2,1-4H3;1H. The highest BCUT2D eigenvalue weighted by molar-refractivity contribution is 5.89. The minimum atomic E-state index is 0. The van der Waals surface area contributed by atoms with Crippen molar-refractivity contribution in [1.82, 2.24) is 4.57 Å². The van der Waals surface area contributed by atoms with Crippen molar-refractivity contribution >= 4 is 29.2 Å². The zero-order valence-electron chi connectivity index (χ0n) is 11.9. The molecule has 0 spiro atoms. The monoisotopic (exact) mass is 280 g/mol. The highest BCUT2D eigenvalue weighted by Crippen LogP contribution is 2.22. The van der Waals surface area contributed by atoms with E-state index in [0.29, 0.717) is 12.3 Å². The molecular formula is C15H21ClN2O. The molecule has 0 radical (unpaired) electrons. The summed E-state index contributed by atoms with van der Waals surface area (Å²) in [4.78, 5) is 0. The number of ether oxygens (including phenoxy) is 1. The first-order valence-corrected chi connectivity index (χ1v) is 6.26. The van der Waals surface area contributed by atoms with Crippen molar-refractivity contribution in [3.8, 4) is 0 Å². The van der Waals surface area contributed by atoms with Gasteiger partial charge >= 0.3 is 0 Å². The van der Waals surface area contributed by atoms with Crippen molar-refractivity contribution in [1.29, 1.82) is 5.41 Å². The molecule has 1 aromatic carbocycles. The number of nitrogens with zero attached hydrogens (tertiary/aromatic N) is 1. The molecule has 0 atom stereocenters. The summed E-state index contributed by atoms with van der Waals surface area (Å²) in [5.41, 5.74) is 3.62. The van der Waals surface area contributed by atoms with Crippen LogP contribution in [0.4, 0.5) is 0 Å². The summed E-state index contributed by atoms with van der Waals surface area (Å²) >= 11 is 0. The van der Waals surface area contributed by atoms with Crippen LogP contribution in [0.3, 0.4) is 0 Å². The van der Waals surface area contributed by atoms with Crippen LogP contribution in [0, 0.1) is 12.3 Å². The minimum Gasteiger partial charge on any atom is -0.478 e. The van der Waals surface area contributed by atoms with Gasteiger partial charge in [0.25, 0.3) is 0 Å². The molecule has 19 heavy (non-hydrogen) atoms. The number of halogens is 1. The molecule has 1 N–H and O–H groups in total. The molecular weight excluding hydrogens is 260 g/mol. The first kappa shape index (κ1) is 15.6. The molecule has 0 aliphatic heterocycles. The molecule has 0 aliphatic carbocycles. The Labute approximate surface area is 120 Å². The van der Waals surface area contributed by atoms with Crippen LogP contribution < -0.4 is 0 Å². The second kappa shape index (κ2) is 6.11. The Hall–Kier alpha value is -1.48. The normalized spacial score (nSPS) is 10.6. The van der Waals surface area contributed by atoms with Gasteiger partial charge < -0.3 is 9.30 Å². The van der Waals surface area contributed by atoms with E-state index in [9.17, 15) is 0 Å². The predicted molar refractivity (Wildman–Crippen MR) is 82.6 cm³/mol. The third-order valence-electron chi connectivity index (χ3n) is 2.96. The maximum atomic E-state index is 7.85. The van der Waals surface area contributed by atoms with Gasteiger partial charge in [-0.3, -0.25) is 5.41 Å². The maximum absolute atomic E-state index is 7.85. The van der Waals surface area contributed by atoms with E-state index >= 15 is 0 Å². The second-order valence-corrected chi connectivity index (χ2v) is 5.05. The topological polar surface area (TPSA) is 38.0 Å². The van der Waals surface area contributed by atoms with Crippen molar-refractivity contribution in [2.45, 2.75) is 33.3 Å². The Kier molecular flexibility index (Phi) is 5.01. The zero-order chi connectivity index (χ0) is 13.3. The van der Waals surface area contributed by atoms with Gasteiger partial charge in [-0.2, -0.15) is 0 Å². The first-order valence-electron chi connectivity index (χ1n) is 6.26. The molecule has 0 fully saturated rings. The van der Waals surface area contributed by atoms with E-state index in [1.165, 1.54) is 16.5 Å². The number of fused-ring (bicyclic) bond motifs is 1. The first-order chi connectivity index (χ1) is 8.47. The number of hydrogen-bond acceptors (Lipinski definition) is 2. The van der Waals surface area contributed by atoms with Crippen LogP contribution in [0.2, 0.25) is 0 Å². The molecule has 4 heteroatoms. The van der Waals surface area contributed by atoms with E-state index in [0.717, 1.165) is 5.56 Å². The third-order valence-corrected chi connectivity index (χ3v) is 2.96. The van der Waals surface area contributed by atoms with Gasteiger partial charge in [-0.1, -0.05) is 12.1 Å². The van der Waals surface area contributed by atoms with Gasteiger partial charge in [-0.15, -0.1) is 12.4 Å². The summed E-state index contributed by atoms with van der Waals surface area (Å²) in [5, 5.41) is 9.06. The van der Waals surface area contributed by atoms with Crippen LogP contribution in [0.15, 0.2) is 24.4 Å². The van der Waals surface area contributed by atoms with Gasteiger partial charge in [0.05, 0.1) is 12.5 Å². The molecule has 0 saturated heterocycles. The van der Waals surface area contributed by atoms with Gasteiger partial charge in [-0.05, 0) is 38.0 Å². The van der Waals surface area contributed by atoms with Crippen LogP contribution in [0.5, 0.6) is 0 Å². The van der Waals surface area contributed by atoms with Crippen LogP contribution in [-0.2, 0) is 18.2 Å². The fraction of sp³-hybridized carbons (Fsp3) is 0.400. The lowest BCUT2D eigenvalue weighted by atomic mass is 10.1. The highest BCUT2D eigenvalue weighted by Gasteiger charge is 2.10. The van der Waals surface area contributed by atoms with Crippen molar-refractivity contribution < 1.29 is 4.74 Å². The number of benzene rings is 1. The van der Waals surface area contributed by atoms with Crippen LogP contribution in [0.1, 0.15) is 25.0 Å². The molecule has 0 bridgehead atoms. The second-order valence-electron chi connectivity index (χ2n) is 5.05. The van der Waals surface area contributed by atoms with E-state index in [-0.39, 0.29) is 18.5 Å². The molecule has 2 rings (SSSR count). The zero-order valence-corrected chi connectivity index (χ0v) is 12.7. The molecule has 2 aromatic rings. The predicted octanol–water partition coefficient (Wildman–Crippen LogP) is 3.85. The summed E-state index contributed by atoms with van der Waals surface area (Å²) in [6, 6.07) is 6.41. The summed E-state index contributed by atoms with van der Waals surface area (Å²) < 4.78 is 7.52. The van der Waals surface area contributed by atoms with Crippen molar-refractivity contribution in [2.75, 3.05) is 0 Å². The lowest BCUT2D eigenvalue weighted by Gasteiger charge is -2.09. The fourth-order valence-corrected chi connectivity index (χ4v) is 2.22. The van der Waals surface area contributed by atoms with Crippen molar-refractivity contribution in [2.24, 2.45) is 7.05 Å². The molecule has 0 unspecified atom stereocenters. The van der Waals surface area contributed by atoms with Crippen LogP contribution >= 0.6 is 12.4 Å². The smallest absolute Gasteiger partial charge is 0.185 e. The number of aromatic nitrogens is 1. The van der Waals surface area contributed by atoms with E-state index in [1.807, 2.05) is 20.9 Å². The Balaban J connectivity index is 0.00000180. The molecule has 3 nitrogen and oxygen atoms in total. The van der Waals surface area contributed by atoms with Crippen LogP contribution in [0.25, 0.3) is 10.9 Å². The molecule has 104 valence electrons. The van der Waals surface area contributed by atoms with Crippen molar-refractivity contribution in [3.63, 3.8) is 0 Å². The highest BCUT2D eigenvalue weighted by atomic mass is 35.5. The average molecular weight is 281 g/mol. The summed E-state index contributed by atoms with van der Waals surface area (Å²) in [7, 11) is 2.04. The van der Waals surface area contributed by atoms with Gasteiger partial charge in [-0.25, -0.2) is 0 Å². The lowest BCUT2D eigenvalue weighted by molar-refractivity contribution is 0.221. The van der Waals surface area contributed by atoms with E-state index in [2.05, 4.69) is 35.9 Å². The van der Waals surface area contributed by atoms with E-state index < -0.39 is 0 Å². The van der Waals surface area contributed by atoms with Gasteiger partial charge in [0.2, 0.25) is 0 Å². The molecule has 0 aliphatic rings. The third kappa shape index (κ3) is 3.51. The van der Waals surface area contributed by atoms with Crippen molar-refractivity contribution in [3.05, 3.63) is 35.5 Å². The quantitative estimate of drug-likeness (QED) is 0.673. The summed E-state index contributed by atoms with van der Waals surface area (Å²) in [5.74, 6) is 0.332. The lowest BCUT2D eigenvalue weighted by Crippen LogP contribution is -2.12. The van der Waals surface area contributed by atoms with E-state index in [4.69, 9.17) is 10.1 Å². The average Bonchev–Trinajstić information content (AvgIpc) is 2.54. The molecule has 1 aromatic heterocycles. The van der Waals surface area contributed by atoms with E-state index in [1.54, 1.807) is 0 Å². The molecule has 1 heterocycles. The fourth-order valence-electron chi connectivity index (χ4n) is 2.22. The number of hydrogen-bond donors (Lipinski definition) is 1. The summed E-state index contributed by atoms with van der Waals surface area (Å²) in [6.45, 7) is 5.98. The Morgan fingerprint density at radius 3 is 2.68 bits per heavy atom. The number of nitrogens with one attached hydrogen (secondary N) is 1. The Morgan fingerprint density at radius 2 is 2.05 bits per heavy atom. The molecule has 0 amide bonds. The largest absolute Gasteiger partial charge is 0.478 e. The minimum absolute atomic E-state index is 0. The number of aryl methyl sites for hydroxylation is 2. The van der Waals surface area contributed by atoms with Gasteiger partial charge in [0.15, 0.2) is 5.90 Å². The van der Waals surface area contributed by atoms with Crippen LogP contribution in [-0.4, -0.2) is 16.6 Å². The Morgan fingerprint density at radius 1 is 1.37 bits per heavy atom. The van der Waals surface area contributed by atoms with Gasteiger partial charge in [0.1, 0.15) is 0 Å². The maximum Gasteiger partial charge on any atom is 0.185 e. The Bertz CT molecular complexity index is 587. The summed E-state index contributed by atoms with van der Waals surface area (Å²) in [6.07, 6.45) is 2.70. The molecule has 0 saturated carbocycles. The SMILES string of the molecule is Cc1ccc2c(CC(=N)OC(C)C)cn(C)c2c1.Cl.